The van der Waals surface area contributed by atoms with Gasteiger partial charge in [0.05, 0.1) is 11.6 Å². The average molecular weight is 525 g/mol. The van der Waals surface area contributed by atoms with Gasteiger partial charge in [-0.1, -0.05) is 54.0 Å². The molecular weight excluding hydrogens is 496 g/mol. The number of hydrogen-bond acceptors (Lipinski definition) is 5. The number of carbonyl (C=O) groups excluding carboxylic acids is 2. The van der Waals surface area contributed by atoms with E-state index in [1.54, 1.807) is 17.0 Å². The number of halogens is 1. The molecule has 34 heavy (non-hydrogen) atoms. The van der Waals surface area contributed by atoms with E-state index in [1.807, 2.05) is 55.4 Å². The first kappa shape index (κ1) is 24.2. The van der Waals surface area contributed by atoms with Gasteiger partial charge in [0.15, 0.2) is 11.5 Å². The number of nitrogens with zero attached hydrogens (tertiary/aromatic N) is 2. The van der Waals surface area contributed by atoms with E-state index >= 15 is 0 Å². The largest absolute Gasteiger partial charge is 0.503 e. The Bertz CT molecular complexity index is 1260. The Morgan fingerprint density at radius 1 is 1.15 bits per heavy atom. The summed E-state index contributed by atoms with van der Waals surface area (Å²) in [7, 11) is 3.94. The molecule has 1 aliphatic rings. The molecule has 1 atom stereocenters. The Kier molecular flexibility index (Phi) is 6.96. The molecule has 0 fully saturated rings. The molecule has 0 saturated heterocycles. The van der Waals surface area contributed by atoms with Gasteiger partial charge in [0, 0.05) is 16.4 Å². The molecular formula is C27H29BrN2O4. The Morgan fingerprint density at radius 3 is 2.50 bits per heavy atom. The molecule has 0 bridgehead atoms. The summed E-state index contributed by atoms with van der Waals surface area (Å²) in [6.07, 6.45) is 0.715. The molecule has 0 spiro atoms. The van der Waals surface area contributed by atoms with Crippen molar-refractivity contribution in [3.8, 4) is 0 Å². The molecule has 2 aromatic carbocycles. The van der Waals surface area contributed by atoms with E-state index in [9.17, 15) is 14.7 Å². The normalized spacial score (nSPS) is 16.5. The highest BCUT2D eigenvalue weighted by Crippen LogP contribution is 2.40. The molecule has 0 saturated carbocycles. The second-order valence-electron chi connectivity index (χ2n) is 9.26. The number of aliphatic hydroxyl groups is 1. The maximum absolute atomic E-state index is 13.6. The van der Waals surface area contributed by atoms with Crippen LogP contribution >= 0.6 is 15.9 Å². The van der Waals surface area contributed by atoms with Crippen molar-refractivity contribution in [1.82, 2.24) is 9.80 Å². The number of benzene rings is 2. The van der Waals surface area contributed by atoms with Gasteiger partial charge in [-0.25, -0.2) is 0 Å². The summed E-state index contributed by atoms with van der Waals surface area (Å²) in [6, 6.07) is 14.4. The van der Waals surface area contributed by atoms with Crippen molar-refractivity contribution in [2.45, 2.75) is 32.2 Å². The zero-order valence-corrected chi connectivity index (χ0v) is 21.4. The van der Waals surface area contributed by atoms with Gasteiger partial charge in [0.25, 0.3) is 5.91 Å². The van der Waals surface area contributed by atoms with Crippen LogP contribution in [0.3, 0.4) is 0 Å². The number of ketones is 1. The highest BCUT2D eigenvalue weighted by atomic mass is 79.9. The molecule has 4 rings (SSSR count). The van der Waals surface area contributed by atoms with Gasteiger partial charge in [-0.3, -0.25) is 9.59 Å². The van der Waals surface area contributed by atoms with Crippen molar-refractivity contribution in [2.24, 2.45) is 0 Å². The molecule has 2 heterocycles. The maximum atomic E-state index is 13.6. The summed E-state index contributed by atoms with van der Waals surface area (Å²) < 4.78 is 6.68. The molecule has 1 amide bonds. The SMILES string of the molecule is CC(C)c1ccc(C2C(C(=O)c3cc4cc(Br)ccc4o3)=C(O)C(=O)N2CCCN(C)C)cc1. The fraction of sp³-hybridized carbons (Fsp3) is 0.333. The van der Waals surface area contributed by atoms with Gasteiger partial charge in [0.2, 0.25) is 5.78 Å². The molecule has 1 aromatic heterocycles. The average Bonchev–Trinajstić information content (AvgIpc) is 3.32. The summed E-state index contributed by atoms with van der Waals surface area (Å²) in [5.41, 5.74) is 2.58. The van der Waals surface area contributed by atoms with Gasteiger partial charge < -0.3 is 19.3 Å². The Labute approximate surface area is 208 Å². The highest BCUT2D eigenvalue weighted by molar-refractivity contribution is 9.10. The van der Waals surface area contributed by atoms with Crippen LogP contribution in [-0.2, 0) is 4.79 Å². The second kappa shape index (κ2) is 9.76. The van der Waals surface area contributed by atoms with Crippen LogP contribution in [0.15, 0.2) is 68.8 Å². The van der Waals surface area contributed by atoms with Crippen LogP contribution in [0, 0.1) is 0 Å². The summed E-state index contributed by atoms with van der Waals surface area (Å²) in [6.45, 7) is 5.43. The van der Waals surface area contributed by atoms with E-state index in [0.29, 0.717) is 24.5 Å². The number of fused-ring (bicyclic) bond motifs is 1. The Hall–Kier alpha value is -2.90. The summed E-state index contributed by atoms with van der Waals surface area (Å²) in [5, 5.41) is 11.6. The van der Waals surface area contributed by atoms with Gasteiger partial charge >= 0.3 is 0 Å². The van der Waals surface area contributed by atoms with Crippen molar-refractivity contribution in [3.05, 3.63) is 81.2 Å². The lowest BCUT2D eigenvalue weighted by Gasteiger charge is -2.27. The monoisotopic (exact) mass is 524 g/mol. The van der Waals surface area contributed by atoms with Crippen LogP contribution in [0.1, 0.15) is 53.9 Å². The van der Waals surface area contributed by atoms with Gasteiger partial charge in [-0.15, -0.1) is 0 Å². The Morgan fingerprint density at radius 2 is 1.85 bits per heavy atom. The molecule has 0 aliphatic carbocycles. The fourth-order valence-corrected chi connectivity index (χ4v) is 4.72. The highest BCUT2D eigenvalue weighted by Gasteiger charge is 2.44. The van der Waals surface area contributed by atoms with Crippen LogP contribution in [0.4, 0.5) is 0 Å². The predicted molar refractivity (Wildman–Crippen MR) is 136 cm³/mol. The second-order valence-corrected chi connectivity index (χ2v) is 10.2. The fourth-order valence-electron chi connectivity index (χ4n) is 4.34. The van der Waals surface area contributed by atoms with Crippen LogP contribution in [0.5, 0.6) is 0 Å². The predicted octanol–water partition coefficient (Wildman–Crippen LogP) is 5.85. The first-order valence-electron chi connectivity index (χ1n) is 11.4. The lowest BCUT2D eigenvalue weighted by atomic mass is 9.93. The van der Waals surface area contributed by atoms with E-state index in [1.165, 1.54) is 0 Å². The van der Waals surface area contributed by atoms with Crippen molar-refractivity contribution in [2.75, 3.05) is 27.2 Å². The van der Waals surface area contributed by atoms with Crippen LogP contribution < -0.4 is 0 Å². The van der Waals surface area contributed by atoms with Crippen molar-refractivity contribution >= 4 is 38.6 Å². The van der Waals surface area contributed by atoms with E-state index in [2.05, 4.69) is 29.8 Å². The minimum Gasteiger partial charge on any atom is -0.503 e. The van der Waals surface area contributed by atoms with Gasteiger partial charge in [0.1, 0.15) is 5.58 Å². The van der Waals surface area contributed by atoms with E-state index < -0.39 is 23.5 Å². The number of rotatable bonds is 8. The van der Waals surface area contributed by atoms with Crippen LogP contribution in [0.2, 0.25) is 0 Å². The number of amides is 1. The molecule has 1 N–H and O–H groups in total. The minimum atomic E-state index is -0.677. The zero-order valence-electron chi connectivity index (χ0n) is 19.8. The molecule has 178 valence electrons. The molecule has 0 radical (unpaired) electrons. The van der Waals surface area contributed by atoms with Crippen LogP contribution in [-0.4, -0.2) is 53.8 Å². The number of aliphatic hydroxyl groups excluding tert-OH is 1. The molecule has 1 unspecified atom stereocenters. The summed E-state index contributed by atoms with van der Waals surface area (Å²) in [4.78, 5) is 30.4. The topological polar surface area (TPSA) is 74.0 Å². The summed E-state index contributed by atoms with van der Waals surface area (Å²) in [5.74, 6) is -1.06. The summed E-state index contributed by atoms with van der Waals surface area (Å²) >= 11 is 3.43. The third-order valence-electron chi connectivity index (χ3n) is 6.17. The Balaban J connectivity index is 1.75. The first-order valence-corrected chi connectivity index (χ1v) is 12.2. The van der Waals surface area contributed by atoms with Crippen molar-refractivity contribution < 1.29 is 19.1 Å². The standard InChI is InChI=1S/C27H29BrN2O4/c1-16(2)17-6-8-18(9-7-17)24-23(26(32)27(33)30(24)13-5-12-29(3)4)25(31)22-15-19-14-20(28)10-11-21(19)34-22/h6-11,14-16,24,32H,5,12-13H2,1-4H3. The zero-order chi connectivity index (χ0) is 24.6. The first-order chi connectivity index (χ1) is 16.2. The smallest absolute Gasteiger partial charge is 0.290 e. The van der Waals surface area contributed by atoms with Crippen molar-refractivity contribution in [3.63, 3.8) is 0 Å². The van der Waals surface area contributed by atoms with E-state index in [-0.39, 0.29) is 11.3 Å². The number of Topliss-reactive ketones (excluding diaryl/α,β-unsaturated/α-hetero) is 1. The minimum absolute atomic E-state index is 0.0604. The van der Waals surface area contributed by atoms with Crippen LogP contribution in [0.25, 0.3) is 11.0 Å². The number of carbonyl (C=O) groups is 2. The lowest BCUT2D eigenvalue weighted by molar-refractivity contribution is -0.129. The van der Waals surface area contributed by atoms with E-state index in [4.69, 9.17) is 4.42 Å². The molecule has 7 heteroatoms. The maximum Gasteiger partial charge on any atom is 0.290 e. The van der Waals surface area contributed by atoms with Gasteiger partial charge in [-0.2, -0.15) is 0 Å². The quantitative estimate of drug-likeness (QED) is 0.374. The third kappa shape index (κ3) is 4.68. The van der Waals surface area contributed by atoms with Crippen molar-refractivity contribution in [1.29, 1.82) is 0 Å². The molecule has 1 aliphatic heterocycles. The van der Waals surface area contributed by atoms with Gasteiger partial charge in [-0.05, 0) is 68.4 Å². The molecule has 3 aromatic rings. The molecule has 6 nitrogen and oxygen atoms in total. The number of furan rings is 1. The lowest BCUT2D eigenvalue weighted by Crippen LogP contribution is -2.33. The third-order valence-corrected chi connectivity index (χ3v) is 6.67. The van der Waals surface area contributed by atoms with E-state index in [0.717, 1.165) is 27.5 Å². The number of hydrogen-bond donors (Lipinski definition) is 1.